The molecule has 1 aromatic carbocycles. The molecule has 2 N–H and O–H groups in total. The molecule has 0 aromatic heterocycles. The van der Waals surface area contributed by atoms with Crippen molar-refractivity contribution >= 4 is 5.91 Å². The van der Waals surface area contributed by atoms with Gasteiger partial charge in [0.15, 0.2) is 0 Å². The average Bonchev–Trinajstić information content (AvgIpc) is 2.30. The molecule has 0 saturated carbocycles. The van der Waals surface area contributed by atoms with E-state index in [-0.39, 0.29) is 11.9 Å². The van der Waals surface area contributed by atoms with E-state index in [9.17, 15) is 4.79 Å². The summed E-state index contributed by atoms with van der Waals surface area (Å²) in [6.45, 7) is 4.96. The molecule has 3 nitrogen and oxygen atoms in total. The quantitative estimate of drug-likeness (QED) is 0.741. The molecule has 1 rings (SSSR count). The topological polar surface area (TPSA) is 41.1 Å². The second kappa shape index (κ2) is 7.07. The van der Waals surface area contributed by atoms with E-state index in [2.05, 4.69) is 41.8 Å². The van der Waals surface area contributed by atoms with Gasteiger partial charge in [-0.15, -0.1) is 0 Å². The molecular weight excluding hydrogens is 212 g/mol. The zero-order valence-electron chi connectivity index (χ0n) is 10.9. The third-order valence-corrected chi connectivity index (χ3v) is 2.79. The van der Waals surface area contributed by atoms with Crippen LogP contribution in [0, 0.1) is 6.92 Å². The van der Waals surface area contributed by atoms with Crippen molar-refractivity contribution in [3.05, 3.63) is 35.4 Å². The number of benzene rings is 1. The van der Waals surface area contributed by atoms with E-state index in [1.165, 1.54) is 5.56 Å². The van der Waals surface area contributed by atoms with Crippen LogP contribution in [0.4, 0.5) is 0 Å². The first-order valence-corrected chi connectivity index (χ1v) is 6.14. The van der Waals surface area contributed by atoms with Crippen molar-refractivity contribution in [2.24, 2.45) is 0 Å². The molecule has 1 unspecified atom stereocenters. The van der Waals surface area contributed by atoms with Crippen LogP contribution < -0.4 is 10.6 Å². The lowest BCUT2D eigenvalue weighted by Gasteiger charge is -2.14. The molecule has 0 heterocycles. The Kier molecular flexibility index (Phi) is 5.70. The Labute approximate surface area is 104 Å². The van der Waals surface area contributed by atoms with E-state index >= 15 is 0 Å². The van der Waals surface area contributed by atoms with Crippen molar-refractivity contribution in [1.29, 1.82) is 0 Å². The predicted octanol–water partition coefficient (Wildman–Crippen LogP) is 2.17. The molecule has 0 aliphatic rings. The molecule has 0 bridgehead atoms. The highest BCUT2D eigenvalue weighted by Gasteiger charge is 2.08. The highest BCUT2D eigenvalue weighted by atomic mass is 16.1. The Balaban J connectivity index is 2.40. The van der Waals surface area contributed by atoms with Gasteiger partial charge in [0.05, 0.1) is 6.04 Å². The molecule has 0 spiro atoms. The molecule has 0 aliphatic carbocycles. The van der Waals surface area contributed by atoms with Crippen LogP contribution in [0.15, 0.2) is 24.3 Å². The first-order chi connectivity index (χ1) is 8.13. The lowest BCUT2D eigenvalue weighted by atomic mass is 10.1. The standard InChI is InChI=1S/C14H22N2O/c1-11-6-8-13(9-7-11)12(2)16-14(17)5-4-10-15-3/h6-9,12,15H,4-5,10H2,1-3H3,(H,16,17). The molecule has 0 fully saturated rings. The van der Waals surface area contributed by atoms with Gasteiger partial charge in [0.1, 0.15) is 0 Å². The average molecular weight is 234 g/mol. The van der Waals surface area contributed by atoms with Gasteiger partial charge in [-0.2, -0.15) is 0 Å². The van der Waals surface area contributed by atoms with Crippen LogP contribution in [0.25, 0.3) is 0 Å². The Morgan fingerprint density at radius 3 is 2.53 bits per heavy atom. The maximum absolute atomic E-state index is 11.6. The fourth-order valence-corrected chi connectivity index (χ4v) is 1.68. The van der Waals surface area contributed by atoms with Gasteiger partial charge in [0.2, 0.25) is 5.91 Å². The van der Waals surface area contributed by atoms with Crippen LogP contribution in [0.5, 0.6) is 0 Å². The van der Waals surface area contributed by atoms with E-state index in [4.69, 9.17) is 0 Å². The number of nitrogens with one attached hydrogen (secondary N) is 2. The van der Waals surface area contributed by atoms with Gasteiger partial charge < -0.3 is 10.6 Å². The van der Waals surface area contributed by atoms with Gasteiger partial charge >= 0.3 is 0 Å². The summed E-state index contributed by atoms with van der Waals surface area (Å²) in [6, 6.07) is 8.34. The summed E-state index contributed by atoms with van der Waals surface area (Å²) in [5.74, 6) is 0.119. The van der Waals surface area contributed by atoms with E-state index in [0.29, 0.717) is 6.42 Å². The van der Waals surface area contributed by atoms with Crippen LogP contribution in [-0.4, -0.2) is 19.5 Å². The van der Waals surface area contributed by atoms with Crippen molar-refractivity contribution in [3.63, 3.8) is 0 Å². The summed E-state index contributed by atoms with van der Waals surface area (Å²) in [7, 11) is 1.90. The van der Waals surface area contributed by atoms with Gasteiger partial charge in [-0.1, -0.05) is 29.8 Å². The smallest absolute Gasteiger partial charge is 0.220 e. The zero-order chi connectivity index (χ0) is 12.7. The van der Waals surface area contributed by atoms with Crippen LogP contribution in [0.2, 0.25) is 0 Å². The number of carbonyl (C=O) groups is 1. The van der Waals surface area contributed by atoms with Crippen molar-refractivity contribution in [2.75, 3.05) is 13.6 Å². The van der Waals surface area contributed by atoms with Gasteiger partial charge in [0, 0.05) is 6.42 Å². The van der Waals surface area contributed by atoms with Crippen LogP contribution in [0.3, 0.4) is 0 Å². The second-order valence-corrected chi connectivity index (χ2v) is 4.41. The summed E-state index contributed by atoms with van der Waals surface area (Å²) >= 11 is 0. The second-order valence-electron chi connectivity index (χ2n) is 4.41. The normalized spacial score (nSPS) is 12.2. The number of aryl methyl sites for hydroxylation is 1. The first-order valence-electron chi connectivity index (χ1n) is 6.14. The van der Waals surface area contributed by atoms with Gasteiger partial charge in [-0.25, -0.2) is 0 Å². The van der Waals surface area contributed by atoms with Crippen molar-refractivity contribution in [1.82, 2.24) is 10.6 Å². The third-order valence-electron chi connectivity index (χ3n) is 2.79. The summed E-state index contributed by atoms with van der Waals surface area (Å²) < 4.78 is 0. The lowest BCUT2D eigenvalue weighted by Crippen LogP contribution is -2.27. The number of carbonyl (C=O) groups excluding carboxylic acids is 1. The molecule has 1 atom stereocenters. The van der Waals surface area contributed by atoms with E-state index in [1.807, 2.05) is 14.0 Å². The van der Waals surface area contributed by atoms with Crippen molar-refractivity contribution in [2.45, 2.75) is 32.7 Å². The lowest BCUT2D eigenvalue weighted by molar-refractivity contribution is -0.121. The molecule has 17 heavy (non-hydrogen) atoms. The third kappa shape index (κ3) is 5.00. The van der Waals surface area contributed by atoms with Crippen LogP contribution in [0.1, 0.15) is 36.9 Å². The SMILES string of the molecule is CNCCCC(=O)NC(C)c1ccc(C)cc1. The summed E-state index contributed by atoms with van der Waals surface area (Å²) in [6.07, 6.45) is 1.46. The molecule has 0 radical (unpaired) electrons. The number of rotatable bonds is 6. The maximum Gasteiger partial charge on any atom is 0.220 e. The number of hydrogen-bond donors (Lipinski definition) is 2. The largest absolute Gasteiger partial charge is 0.350 e. The minimum atomic E-state index is 0.0812. The van der Waals surface area contributed by atoms with E-state index in [1.54, 1.807) is 0 Å². The van der Waals surface area contributed by atoms with Crippen molar-refractivity contribution in [3.8, 4) is 0 Å². The fourth-order valence-electron chi connectivity index (χ4n) is 1.68. The van der Waals surface area contributed by atoms with Gasteiger partial charge in [-0.3, -0.25) is 4.79 Å². The Morgan fingerprint density at radius 1 is 1.29 bits per heavy atom. The minimum absolute atomic E-state index is 0.0812. The van der Waals surface area contributed by atoms with Crippen LogP contribution in [-0.2, 0) is 4.79 Å². The summed E-state index contributed by atoms with van der Waals surface area (Å²) in [5.41, 5.74) is 2.39. The molecule has 1 aromatic rings. The number of amides is 1. The molecule has 1 amide bonds. The van der Waals surface area contributed by atoms with Gasteiger partial charge in [0.25, 0.3) is 0 Å². The Hall–Kier alpha value is -1.35. The highest BCUT2D eigenvalue weighted by molar-refractivity contribution is 5.76. The van der Waals surface area contributed by atoms with Crippen molar-refractivity contribution < 1.29 is 4.79 Å². The maximum atomic E-state index is 11.6. The monoisotopic (exact) mass is 234 g/mol. The fraction of sp³-hybridized carbons (Fsp3) is 0.500. The van der Waals surface area contributed by atoms with Gasteiger partial charge in [-0.05, 0) is 39.4 Å². The molecule has 3 heteroatoms. The van der Waals surface area contributed by atoms with Crippen LogP contribution >= 0.6 is 0 Å². The molecule has 0 saturated heterocycles. The predicted molar refractivity (Wildman–Crippen MR) is 70.9 cm³/mol. The minimum Gasteiger partial charge on any atom is -0.350 e. The first kappa shape index (κ1) is 13.7. The highest BCUT2D eigenvalue weighted by Crippen LogP contribution is 2.13. The van der Waals surface area contributed by atoms with E-state index < -0.39 is 0 Å². The zero-order valence-corrected chi connectivity index (χ0v) is 10.9. The Bertz CT molecular complexity index is 346. The number of hydrogen-bond acceptors (Lipinski definition) is 2. The molecule has 94 valence electrons. The summed E-state index contributed by atoms with van der Waals surface area (Å²) in [5, 5.41) is 6.04. The Morgan fingerprint density at radius 2 is 1.94 bits per heavy atom. The molecule has 0 aliphatic heterocycles. The molecular formula is C14H22N2O. The summed E-state index contributed by atoms with van der Waals surface area (Å²) in [4.78, 5) is 11.6. The van der Waals surface area contributed by atoms with E-state index in [0.717, 1.165) is 18.5 Å².